The third-order valence-corrected chi connectivity index (χ3v) is 3.16. The number of rotatable bonds is 2. The van der Waals surface area contributed by atoms with Gasteiger partial charge in [0.1, 0.15) is 0 Å². The van der Waals surface area contributed by atoms with Crippen molar-refractivity contribution < 1.29 is 13.2 Å². The Morgan fingerprint density at radius 1 is 1.36 bits per heavy atom. The van der Waals surface area contributed by atoms with E-state index in [0.717, 1.165) is 9.64 Å². The van der Waals surface area contributed by atoms with Crippen LogP contribution < -0.4 is 0 Å². The summed E-state index contributed by atoms with van der Waals surface area (Å²) in [6.07, 6.45) is -4.25. The van der Waals surface area contributed by atoms with Crippen LogP contribution >= 0.6 is 34.4 Å². The molecule has 0 heterocycles. The molecular weight excluding hydrogens is 324 g/mol. The summed E-state index contributed by atoms with van der Waals surface area (Å²) in [7, 11) is 0. The van der Waals surface area contributed by atoms with Crippen molar-refractivity contribution in [3.63, 3.8) is 0 Å². The fourth-order valence-electron chi connectivity index (χ4n) is 1.01. The molecule has 0 fully saturated rings. The topological polar surface area (TPSA) is 0 Å². The maximum absolute atomic E-state index is 12.5. The van der Waals surface area contributed by atoms with Crippen LogP contribution in [-0.2, 0) is 6.18 Å². The summed E-state index contributed by atoms with van der Waals surface area (Å²) in [6, 6.07) is 4.18. The van der Waals surface area contributed by atoms with E-state index in [4.69, 9.17) is 0 Å². The SMILES string of the molecule is CCSc1cc(I)ccc1C(F)(F)F. The molecule has 14 heavy (non-hydrogen) atoms. The van der Waals surface area contributed by atoms with Gasteiger partial charge in [-0.15, -0.1) is 11.8 Å². The molecule has 0 atom stereocenters. The van der Waals surface area contributed by atoms with Crippen molar-refractivity contribution in [3.05, 3.63) is 27.3 Å². The summed E-state index contributed by atoms with van der Waals surface area (Å²) in [5.41, 5.74) is -0.537. The summed E-state index contributed by atoms with van der Waals surface area (Å²) >= 11 is 3.23. The third kappa shape index (κ3) is 3.05. The Kier molecular flexibility index (Phi) is 4.12. The maximum Gasteiger partial charge on any atom is 0.417 e. The third-order valence-electron chi connectivity index (χ3n) is 1.55. The van der Waals surface area contributed by atoms with Crippen molar-refractivity contribution >= 4 is 34.4 Å². The van der Waals surface area contributed by atoms with E-state index in [1.165, 1.54) is 17.8 Å². The van der Waals surface area contributed by atoms with Crippen molar-refractivity contribution in [3.8, 4) is 0 Å². The van der Waals surface area contributed by atoms with Gasteiger partial charge in [0.2, 0.25) is 0 Å². The summed E-state index contributed by atoms with van der Waals surface area (Å²) in [5, 5.41) is 0. The van der Waals surface area contributed by atoms with Crippen LogP contribution in [0.25, 0.3) is 0 Å². The van der Waals surface area contributed by atoms with E-state index in [0.29, 0.717) is 10.6 Å². The highest BCUT2D eigenvalue weighted by Gasteiger charge is 2.33. The fraction of sp³-hybridized carbons (Fsp3) is 0.333. The molecule has 0 aliphatic heterocycles. The lowest BCUT2D eigenvalue weighted by Gasteiger charge is -2.11. The minimum absolute atomic E-state index is 0.312. The van der Waals surface area contributed by atoms with E-state index in [2.05, 4.69) is 0 Å². The maximum atomic E-state index is 12.5. The first-order valence-corrected chi connectivity index (χ1v) is 6.01. The van der Waals surface area contributed by atoms with Crippen LogP contribution in [0.5, 0.6) is 0 Å². The first kappa shape index (κ1) is 12.2. The summed E-state index contributed by atoms with van der Waals surface area (Å²) in [4.78, 5) is 0.312. The second kappa shape index (κ2) is 4.74. The van der Waals surface area contributed by atoms with Crippen molar-refractivity contribution in [2.24, 2.45) is 0 Å². The fourth-order valence-corrected chi connectivity index (χ4v) is 2.57. The average Bonchev–Trinajstić information content (AvgIpc) is 2.02. The van der Waals surface area contributed by atoms with Gasteiger partial charge in [-0.1, -0.05) is 6.92 Å². The molecule has 0 bridgehead atoms. The normalized spacial score (nSPS) is 11.8. The molecule has 1 aromatic rings. The molecule has 0 unspecified atom stereocenters. The van der Waals surface area contributed by atoms with Gasteiger partial charge in [0.05, 0.1) is 5.56 Å². The molecule has 0 nitrogen and oxygen atoms in total. The second-order valence-electron chi connectivity index (χ2n) is 2.57. The summed E-state index contributed by atoms with van der Waals surface area (Å²) in [5.74, 6) is 0.642. The minimum atomic E-state index is -4.25. The van der Waals surface area contributed by atoms with Crippen LogP contribution in [0.1, 0.15) is 12.5 Å². The highest BCUT2D eigenvalue weighted by molar-refractivity contribution is 14.1. The van der Waals surface area contributed by atoms with E-state index in [9.17, 15) is 13.2 Å². The van der Waals surface area contributed by atoms with Gasteiger partial charge in [0, 0.05) is 8.47 Å². The van der Waals surface area contributed by atoms with Crippen LogP contribution in [0.2, 0.25) is 0 Å². The zero-order valence-corrected chi connectivity index (χ0v) is 10.3. The van der Waals surface area contributed by atoms with E-state index in [1.807, 2.05) is 29.5 Å². The lowest BCUT2D eigenvalue weighted by molar-refractivity contribution is -0.139. The molecule has 0 N–H and O–H groups in total. The predicted octanol–water partition coefficient (Wildman–Crippen LogP) is 4.42. The van der Waals surface area contributed by atoms with E-state index < -0.39 is 11.7 Å². The van der Waals surface area contributed by atoms with E-state index in [1.54, 1.807) is 6.07 Å². The van der Waals surface area contributed by atoms with Crippen LogP contribution in [-0.4, -0.2) is 5.75 Å². The Bertz CT molecular complexity index is 322. The minimum Gasteiger partial charge on any atom is -0.166 e. The molecule has 0 spiro atoms. The Hall–Kier alpha value is 0.0900. The van der Waals surface area contributed by atoms with E-state index in [-0.39, 0.29) is 0 Å². The standard InChI is InChI=1S/C9H8F3IS/c1-2-14-8-5-6(13)3-4-7(8)9(10,11)12/h3-5H,2H2,1H3. The Morgan fingerprint density at radius 3 is 2.50 bits per heavy atom. The van der Waals surface area contributed by atoms with Gasteiger partial charge in [0.15, 0.2) is 0 Å². The van der Waals surface area contributed by atoms with Gasteiger partial charge < -0.3 is 0 Å². The van der Waals surface area contributed by atoms with Crippen molar-refractivity contribution in [2.75, 3.05) is 5.75 Å². The van der Waals surface area contributed by atoms with Crippen LogP contribution in [0.3, 0.4) is 0 Å². The van der Waals surface area contributed by atoms with Crippen LogP contribution in [0.4, 0.5) is 13.2 Å². The number of thioether (sulfide) groups is 1. The lowest BCUT2D eigenvalue weighted by Crippen LogP contribution is -2.06. The molecule has 5 heteroatoms. The predicted molar refractivity (Wildman–Crippen MR) is 60.6 cm³/mol. The van der Waals surface area contributed by atoms with Gasteiger partial charge in [0.25, 0.3) is 0 Å². The molecule has 0 radical (unpaired) electrons. The lowest BCUT2D eigenvalue weighted by atomic mass is 10.2. The zero-order chi connectivity index (χ0) is 10.8. The highest BCUT2D eigenvalue weighted by atomic mass is 127. The number of alkyl halides is 3. The Labute approximate surface area is 98.4 Å². The first-order chi connectivity index (χ1) is 6.45. The molecule has 1 rings (SSSR count). The molecule has 0 aliphatic rings. The molecule has 0 saturated heterocycles. The smallest absolute Gasteiger partial charge is 0.166 e. The van der Waals surface area contributed by atoms with Crippen LogP contribution in [0, 0.1) is 3.57 Å². The highest BCUT2D eigenvalue weighted by Crippen LogP contribution is 2.37. The van der Waals surface area contributed by atoms with Gasteiger partial charge in [-0.05, 0) is 46.5 Å². The summed E-state index contributed by atoms with van der Waals surface area (Å²) in [6.45, 7) is 1.84. The Balaban J connectivity index is 3.15. The zero-order valence-electron chi connectivity index (χ0n) is 7.36. The molecule has 0 amide bonds. The second-order valence-corrected chi connectivity index (χ2v) is 5.12. The van der Waals surface area contributed by atoms with Gasteiger partial charge >= 0.3 is 6.18 Å². The average molecular weight is 332 g/mol. The number of halogens is 4. The van der Waals surface area contributed by atoms with Gasteiger partial charge in [-0.25, -0.2) is 0 Å². The number of benzene rings is 1. The Morgan fingerprint density at radius 2 is 2.00 bits per heavy atom. The van der Waals surface area contributed by atoms with Gasteiger partial charge in [-0.2, -0.15) is 13.2 Å². The molecular formula is C9H8F3IS. The van der Waals surface area contributed by atoms with Crippen molar-refractivity contribution in [2.45, 2.75) is 18.0 Å². The van der Waals surface area contributed by atoms with Crippen LogP contribution in [0.15, 0.2) is 23.1 Å². The van der Waals surface area contributed by atoms with Crippen molar-refractivity contribution in [1.82, 2.24) is 0 Å². The quantitative estimate of drug-likeness (QED) is 0.571. The largest absolute Gasteiger partial charge is 0.417 e. The summed E-state index contributed by atoms with van der Waals surface area (Å²) < 4.78 is 38.3. The molecule has 0 saturated carbocycles. The monoisotopic (exact) mass is 332 g/mol. The van der Waals surface area contributed by atoms with E-state index >= 15 is 0 Å². The molecule has 0 aliphatic carbocycles. The number of hydrogen-bond acceptors (Lipinski definition) is 1. The molecule has 78 valence electrons. The number of hydrogen-bond donors (Lipinski definition) is 0. The molecule has 1 aromatic carbocycles. The first-order valence-electron chi connectivity index (χ1n) is 3.94. The van der Waals surface area contributed by atoms with Gasteiger partial charge in [-0.3, -0.25) is 0 Å². The van der Waals surface area contributed by atoms with Crippen molar-refractivity contribution in [1.29, 1.82) is 0 Å². The molecule has 0 aromatic heterocycles.